The molecule has 0 radical (unpaired) electrons. The van der Waals surface area contributed by atoms with Crippen LogP contribution in [0.1, 0.15) is 18.0 Å². The highest BCUT2D eigenvalue weighted by Gasteiger charge is 2.29. The van der Waals surface area contributed by atoms with E-state index in [1.165, 1.54) is 12.6 Å². The van der Waals surface area contributed by atoms with E-state index in [2.05, 4.69) is 34.2 Å². The number of halogens is 1. The lowest BCUT2D eigenvalue weighted by molar-refractivity contribution is 0.182. The van der Waals surface area contributed by atoms with Crippen molar-refractivity contribution in [1.29, 1.82) is 0 Å². The second kappa shape index (κ2) is 6.41. The van der Waals surface area contributed by atoms with Gasteiger partial charge in [0.15, 0.2) is 0 Å². The maximum absolute atomic E-state index is 13.4. The summed E-state index contributed by atoms with van der Waals surface area (Å²) in [6.45, 7) is 3.15. The Kier molecular flexibility index (Phi) is 4.85. The third-order valence-electron chi connectivity index (χ3n) is 3.90. The lowest BCUT2D eigenvalue weighted by Crippen LogP contribution is -2.46. The number of nitrogens with zero attached hydrogens (tertiary/aromatic N) is 3. The molecule has 2 unspecified atom stereocenters. The highest BCUT2D eigenvalue weighted by Crippen LogP contribution is 2.22. The van der Waals surface area contributed by atoms with E-state index in [9.17, 15) is 4.39 Å². The van der Waals surface area contributed by atoms with Crippen molar-refractivity contribution in [2.75, 3.05) is 40.8 Å². The van der Waals surface area contributed by atoms with E-state index in [1.807, 2.05) is 7.05 Å². The zero-order valence-electron chi connectivity index (χ0n) is 11.9. The molecule has 4 nitrogen and oxygen atoms in total. The van der Waals surface area contributed by atoms with E-state index in [0.29, 0.717) is 6.04 Å². The average Bonchev–Trinajstić information content (AvgIpc) is 2.53. The van der Waals surface area contributed by atoms with E-state index in [1.54, 1.807) is 12.3 Å². The first-order valence-corrected chi connectivity index (χ1v) is 6.78. The molecule has 1 saturated heterocycles. The van der Waals surface area contributed by atoms with Crippen molar-refractivity contribution in [2.45, 2.75) is 18.5 Å². The predicted molar refractivity (Wildman–Crippen MR) is 74.5 cm³/mol. The Labute approximate surface area is 114 Å². The van der Waals surface area contributed by atoms with Crippen molar-refractivity contribution >= 4 is 0 Å². The van der Waals surface area contributed by atoms with E-state index in [0.717, 1.165) is 25.2 Å². The highest BCUT2D eigenvalue weighted by atomic mass is 19.1. The van der Waals surface area contributed by atoms with E-state index in [4.69, 9.17) is 0 Å². The summed E-state index contributed by atoms with van der Waals surface area (Å²) in [5.41, 5.74) is 0.912. The Bertz CT molecular complexity index is 412. The lowest BCUT2D eigenvalue weighted by atomic mass is 9.99. The number of likely N-dealkylation sites (N-methyl/N-ethyl adjacent to an activating group) is 3. The van der Waals surface area contributed by atoms with Crippen LogP contribution in [0.5, 0.6) is 0 Å². The zero-order chi connectivity index (χ0) is 13.8. The molecule has 106 valence electrons. The molecule has 19 heavy (non-hydrogen) atoms. The van der Waals surface area contributed by atoms with E-state index < -0.39 is 0 Å². The number of rotatable bonds is 3. The van der Waals surface area contributed by atoms with Gasteiger partial charge < -0.3 is 15.1 Å². The van der Waals surface area contributed by atoms with E-state index in [-0.39, 0.29) is 11.9 Å². The summed E-state index contributed by atoms with van der Waals surface area (Å²) < 4.78 is 13.4. The first-order valence-electron chi connectivity index (χ1n) is 6.78. The van der Waals surface area contributed by atoms with Crippen LogP contribution in [0.3, 0.4) is 0 Å². The second-order valence-electron chi connectivity index (χ2n) is 5.37. The second-order valence-corrected chi connectivity index (χ2v) is 5.37. The molecule has 0 bridgehead atoms. The summed E-state index contributed by atoms with van der Waals surface area (Å²) in [4.78, 5) is 8.66. The summed E-state index contributed by atoms with van der Waals surface area (Å²) in [7, 11) is 6.21. The molecule has 0 aromatic carbocycles. The molecule has 0 amide bonds. The van der Waals surface area contributed by atoms with Gasteiger partial charge in [0.1, 0.15) is 5.82 Å². The molecule has 5 heteroatoms. The Morgan fingerprint density at radius 3 is 2.84 bits per heavy atom. The van der Waals surface area contributed by atoms with Crippen molar-refractivity contribution in [3.8, 4) is 0 Å². The van der Waals surface area contributed by atoms with E-state index >= 15 is 0 Å². The standard InChI is InChI=1S/C14H23FN4/c1-16-14(11-7-12(15)9-17-8-11)13-10-18(2)5-4-6-19(13)3/h7-9,13-14,16H,4-6,10H2,1-3H3. The van der Waals surface area contributed by atoms with Crippen molar-refractivity contribution in [3.63, 3.8) is 0 Å². The Balaban J connectivity index is 2.24. The number of hydrogen-bond donors (Lipinski definition) is 1. The molecule has 0 aliphatic carbocycles. The predicted octanol–water partition coefficient (Wildman–Crippen LogP) is 1.12. The van der Waals surface area contributed by atoms with Crippen LogP contribution in [0.15, 0.2) is 18.5 Å². The minimum Gasteiger partial charge on any atom is -0.312 e. The third kappa shape index (κ3) is 3.49. The fourth-order valence-electron chi connectivity index (χ4n) is 2.85. The van der Waals surface area contributed by atoms with Gasteiger partial charge in [-0.15, -0.1) is 0 Å². The molecule has 1 aliphatic heterocycles. The number of pyridine rings is 1. The fourth-order valence-corrected chi connectivity index (χ4v) is 2.85. The molecule has 1 aliphatic rings. The monoisotopic (exact) mass is 266 g/mol. The molecule has 1 fully saturated rings. The van der Waals surface area contributed by atoms with Gasteiger partial charge in [-0.2, -0.15) is 0 Å². The van der Waals surface area contributed by atoms with Crippen LogP contribution in [0.4, 0.5) is 4.39 Å². The largest absolute Gasteiger partial charge is 0.312 e. The van der Waals surface area contributed by atoms with Gasteiger partial charge in [-0.3, -0.25) is 4.98 Å². The van der Waals surface area contributed by atoms with Crippen molar-refractivity contribution in [2.24, 2.45) is 0 Å². The summed E-state index contributed by atoms with van der Waals surface area (Å²) in [6.07, 6.45) is 4.17. The third-order valence-corrected chi connectivity index (χ3v) is 3.90. The van der Waals surface area contributed by atoms with Crippen LogP contribution >= 0.6 is 0 Å². The summed E-state index contributed by atoms with van der Waals surface area (Å²) >= 11 is 0. The molecule has 0 saturated carbocycles. The molecule has 2 rings (SSSR count). The number of nitrogens with one attached hydrogen (secondary N) is 1. The first-order chi connectivity index (χ1) is 9.11. The smallest absolute Gasteiger partial charge is 0.141 e. The van der Waals surface area contributed by atoms with Crippen LogP contribution in [0, 0.1) is 5.82 Å². The minimum absolute atomic E-state index is 0.0914. The van der Waals surface area contributed by atoms with Crippen LogP contribution < -0.4 is 5.32 Å². The molecule has 2 atom stereocenters. The molecule has 2 heterocycles. The summed E-state index contributed by atoms with van der Waals surface area (Å²) in [5, 5.41) is 3.32. The van der Waals surface area contributed by atoms with Crippen LogP contribution in [-0.4, -0.2) is 61.6 Å². The van der Waals surface area contributed by atoms with Crippen molar-refractivity contribution in [3.05, 3.63) is 29.8 Å². The maximum atomic E-state index is 13.4. The Morgan fingerprint density at radius 1 is 1.37 bits per heavy atom. The van der Waals surface area contributed by atoms with Crippen LogP contribution in [0.2, 0.25) is 0 Å². The molecule has 1 aromatic rings. The Morgan fingerprint density at radius 2 is 2.16 bits per heavy atom. The number of aromatic nitrogens is 1. The highest BCUT2D eigenvalue weighted by molar-refractivity contribution is 5.17. The average molecular weight is 266 g/mol. The Hall–Kier alpha value is -1.04. The zero-order valence-corrected chi connectivity index (χ0v) is 11.9. The molecular formula is C14H23FN4. The summed E-state index contributed by atoms with van der Waals surface area (Å²) in [5.74, 6) is -0.276. The van der Waals surface area contributed by atoms with Gasteiger partial charge in [-0.05, 0) is 52.3 Å². The van der Waals surface area contributed by atoms with Gasteiger partial charge >= 0.3 is 0 Å². The van der Waals surface area contributed by atoms with Crippen molar-refractivity contribution < 1.29 is 4.39 Å². The van der Waals surface area contributed by atoms with Crippen LogP contribution in [0.25, 0.3) is 0 Å². The van der Waals surface area contributed by atoms with Gasteiger partial charge in [-0.1, -0.05) is 0 Å². The van der Waals surface area contributed by atoms with Gasteiger partial charge in [0.2, 0.25) is 0 Å². The quantitative estimate of drug-likeness (QED) is 0.888. The normalized spacial score (nSPS) is 24.1. The van der Waals surface area contributed by atoms with Gasteiger partial charge in [-0.25, -0.2) is 4.39 Å². The molecule has 0 spiro atoms. The topological polar surface area (TPSA) is 31.4 Å². The molecular weight excluding hydrogens is 243 g/mol. The number of hydrogen-bond acceptors (Lipinski definition) is 4. The van der Waals surface area contributed by atoms with Gasteiger partial charge in [0.25, 0.3) is 0 Å². The van der Waals surface area contributed by atoms with Crippen LogP contribution in [-0.2, 0) is 0 Å². The first kappa shape index (κ1) is 14.4. The fraction of sp³-hybridized carbons (Fsp3) is 0.643. The van der Waals surface area contributed by atoms with Gasteiger partial charge in [0.05, 0.1) is 12.2 Å². The minimum atomic E-state index is -0.276. The SMILES string of the molecule is CNC(c1cncc(F)c1)C1CN(C)CCCN1C. The lowest BCUT2D eigenvalue weighted by Gasteiger charge is -2.34. The molecule has 1 N–H and O–H groups in total. The molecule has 1 aromatic heterocycles. The summed E-state index contributed by atoms with van der Waals surface area (Å²) in [6, 6.07) is 1.99. The van der Waals surface area contributed by atoms with Crippen molar-refractivity contribution in [1.82, 2.24) is 20.1 Å². The maximum Gasteiger partial charge on any atom is 0.141 e. The van der Waals surface area contributed by atoms with Gasteiger partial charge in [0, 0.05) is 18.8 Å².